The Kier molecular flexibility index (Phi) is 6.16. The normalized spacial score (nSPS) is 13.1. The molecule has 0 fully saturated rings. The van der Waals surface area contributed by atoms with Crippen molar-refractivity contribution in [3.05, 3.63) is 63.7 Å². The van der Waals surface area contributed by atoms with E-state index in [1.165, 1.54) is 17.1 Å². The summed E-state index contributed by atoms with van der Waals surface area (Å²) in [4.78, 5) is 26.3. The Balaban J connectivity index is 1.97. The van der Waals surface area contributed by atoms with Gasteiger partial charge in [-0.05, 0) is 11.6 Å². The SMILES string of the molecule is C=C1C=CC(=O)N1COCCOC(=O)c1c(F)c(F)c(N=[N+]=[N-])c(F)c1F. The summed E-state index contributed by atoms with van der Waals surface area (Å²) in [5.41, 5.74) is 5.37. The van der Waals surface area contributed by atoms with Crippen LogP contribution in [0.1, 0.15) is 10.4 Å². The topological polar surface area (TPSA) is 105 Å². The molecule has 0 N–H and O–H groups in total. The number of carbonyl (C=O) groups excluding carboxylic acids is 2. The number of ether oxygens (including phenoxy) is 2. The van der Waals surface area contributed by atoms with Gasteiger partial charge in [0.05, 0.1) is 6.61 Å². The summed E-state index contributed by atoms with van der Waals surface area (Å²) >= 11 is 0. The van der Waals surface area contributed by atoms with Gasteiger partial charge in [0, 0.05) is 16.7 Å². The number of allylic oxidation sites excluding steroid dienone is 1. The molecule has 0 unspecified atom stereocenters. The van der Waals surface area contributed by atoms with Crippen molar-refractivity contribution in [3.63, 3.8) is 0 Å². The summed E-state index contributed by atoms with van der Waals surface area (Å²) in [6, 6.07) is 0. The molecule has 1 heterocycles. The number of azide groups is 1. The fourth-order valence-electron chi connectivity index (χ4n) is 1.99. The van der Waals surface area contributed by atoms with Crippen LogP contribution in [0.2, 0.25) is 0 Å². The molecule has 1 aromatic rings. The van der Waals surface area contributed by atoms with Gasteiger partial charge in [0.1, 0.15) is 24.6 Å². The molecular formula is C15H10F4N4O4. The van der Waals surface area contributed by atoms with E-state index in [9.17, 15) is 27.2 Å². The van der Waals surface area contributed by atoms with Gasteiger partial charge in [-0.2, -0.15) is 0 Å². The predicted molar refractivity (Wildman–Crippen MR) is 81.3 cm³/mol. The molecule has 142 valence electrons. The standard InChI is InChI=1S/C15H10F4N4O4/c1-7-2-3-8(24)23(7)6-26-4-5-27-15(25)9-10(16)12(18)14(21-22-20)13(19)11(9)17/h2-3H,1,4-6H2. The molecule has 2 rings (SSSR count). The van der Waals surface area contributed by atoms with Crippen LogP contribution in [0.25, 0.3) is 10.4 Å². The van der Waals surface area contributed by atoms with Gasteiger partial charge >= 0.3 is 5.97 Å². The van der Waals surface area contributed by atoms with Crippen molar-refractivity contribution in [1.82, 2.24) is 4.90 Å². The lowest BCUT2D eigenvalue weighted by molar-refractivity contribution is -0.127. The summed E-state index contributed by atoms with van der Waals surface area (Å²) < 4.78 is 64.3. The number of amides is 1. The fraction of sp³-hybridized carbons (Fsp3) is 0.200. The molecule has 1 aromatic carbocycles. The lowest BCUT2D eigenvalue weighted by Crippen LogP contribution is -2.27. The Morgan fingerprint density at radius 1 is 1.15 bits per heavy atom. The van der Waals surface area contributed by atoms with E-state index in [0.717, 1.165) is 0 Å². The Labute approximate surface area is 148 Å². The van der Waals surface area contributed by atoms with Crippen molar-refractivity contribution in [2.45, 2.75) is 0 Å². The van der Waals surface area contributed by atoms with Gasteiger partial charge in [-0.3, -0.25) is 9.69 Å². The molecule has 0 aliphatic carbocycles. The summed E-state index contributed by atoms with van der Waals surface area (Å²) in [6.07, 6.45) is 2.72. The second-order valence-electron chi connectivity index (χ2n) is 4.93. The molecule has 0 atom stereocenters. The lowest BCUT2D eigenvalue weighted by atomic mass is 10.1. The minimum atomic E-state index is -2.06. The van der Waals surface area contributed by atoms with Crippen molar-refractivity contribution >= 4 is 17.6 Å². The van der Waals surface area contributed by atoms with Gasteiger partial charge in [-0.25, -0.2) is 22.4 Å². The average molecular weight is 386 g/mol. The number of hydrogen-bond donors (Lipinski definition) is 0. The van der Waals surface area contributed by atoms with Crippen LogP contribution in [-0.4, -0.2) is 36.7 Å². The van der Waals surface area contributed by atoms with E-state index < -0.39 is 47.1 Å². The van der Waals surface area contributed by atoms with E-state index >= 15 is 0 Å². The second kappa shape index (κ2) is 8.34. The monoisotopic (exact) mass is 386 g/mol. The molecule has 0 radical (unpaired) electrons. The summed E-state index contributed by atoms with van der Waals surface area (Å²) in [6.45, 7) is 2.55. The van der Waals surface area contributed by atoms with Gasteiger partial charge in [0.2, 0.25) is 0 Å². The van der Waals surface area contributed by atoms with Crippen LogP contribution in [0, 0.1) is 23.3 Å². The molecule has 1 amide bonds. The molecular weight excluding hydrogens is 376 g/mol. The van der Waals surface area contributed by atoms with E-state index in [0.29, 0.717) is 5.70 Å². The average Bonchev–Trinajstić information content (AvgIpc) is 2.95. The molecule has 8 nitrogen and oxygen atoms in total. The minimum absolute atomic E-state index is 0.213. The van der Waals surface area contributed by atoms with Crippen molar-refractivity contribution < 1.29 is 36.6 Å². The van der Waals surface area contributed by atoms with Crippen LogP contribution in [0.4, 0.5) is 23.2 Å². The molecule has 0 saturated heterocycles. The molecule has 0 aromatic heterocycles. The van der Waals surface area contributed by atoms with Crippen LogP contribution < -0.4 is 0 Å². The third-order valence-corrected chi connectivity index (χ3v) is 3.30. The number of benzene rings is 1. The third-order valence-electron chi connectivity index (χ3n) is 3.30. The Morgan fingerprint density at radius 2 is 1.78 bits per heavy atom. The Hall–Kier alpha value is -3.37. The third kappa shape index (κ3) is 4.07. The Morgan fingerprint density at radius 3 is 2.30 bits per heavy atom. The summed E-state index contributed by atoms with van der Waals surface area (Å²) in [5.74, 6) is -10.3. The van der Waals surface area contributed by atoms with Crippen LogP contribution in [0.3, 0.4) is 0 Å². The van der Waals surface area contributed by atoms with E-state index in [1.807, 2.05) is 4.91 Å². The Bertz CT molecular complexity index is 849. The zero-order valence-corrected chi connectivity index (χ0v) is 13.4. The number of halogens is 4. The maximum absolute atomic E-state index is 13.8. The van der Waals surface area contributed by atoms with Crippen LogP contribution in [0.5, 0.6) is 0 Å². The molecule has 0 saturated carbocycles. The first-order valence-electron chi connectivity index (χ1n) is 7.14. The number of esters is 1. The van der Waals surface area contributed by atoms with Gasteiger partial charge in [-0.15, -0.1) is 0 Å². The quantitative estimate of drug-likeness (QED) is 0.136. The summed E-state index contributed by atoms with van der Waals surface area (Å²) in [7, 11) is 0. The summed E-state index contributed by atoms with van der Waals surface area (Å²) in [5, 5.41) is 2.50. The van der Waals surface area contributed by atoms with E-state index in [4.69, 9.17) is 10.3 Å². The first kappa shape index (κ1) is 19.9. The molecule has 1 aliphatic heterocycles. The van der Waals surface area contributed by atoms with Gasteiger partial charge < -0.3 is 9.47 Å². The van der Waals surface area contributed by atoms with Crippen molar-refractivity contribution in [2.75, 3.05) is 19.9 Å². The maximum Gasteiger partial charge on any atom is 0.344 e. The van der Waals surface area contributed by atoms with Crippen molar-refractivity contribution in [2.24, 2.45) is 5.11 Å². The highest BCUT2D eigenvalue weighted by Crippen LogP contribution is 2.30. The van der Waals surface area contributed by atoms with E-state index in [2.05, 4.69) is 16.4 Å². The molecule has 1 aliphatic rings. The molecule has 27 heavy (non-hydrogen) atoms. The molecule has 12 heteroatoms. The zero-order valence-electron chi connectivity index (χ0n) is 13.4. The first-order chi connectivity index (χ1) is 12.8. The fourth-order valence-corrected chi connectivity index (χ4v) is 1.99. The number of rotatable bonds is 7. The smallest absolute Gasteiger partial charge is 0.344 e. The van der Waals surface area contributed by atoms with Crippen LogP contribution in [0.15, 0.2) is 29.5 Å². The maximum atomic E-state index is 13.8. The minimum Gasteiger partial charge on any atom is -0.459 e. The van der Waals surface area contributed by atoms with Crippen molar-refractivity contribution in [1.29, 1.82) is 0 Å². The molecule has 0 spiro atoms. The highest BCUT2D eigenvalue weighted by molar-refractivity contribution is 5.93. The first-order valence-corrected chi connectivity index (χ1v) is 7.14. The zero-order chi connectivity index (χ0) is 20.1. The van der Waals surface area contributed by atoms with Crippen LogP contribution >= 0.6 is 0 Å². The van der Waals surface area contributed by atoms with Crippen LogP contribution in [-0.2, 0) is 14.3 Å². The number of nitrogens with zero attached hydrogens (tertiary/aromatic N) is 4. The van der Waals surface area contributed by atoms with Gasteiger partial charge in [0.15, 0.2) is 23.3 Å². The molecule has 0 bridgehead atoms. The van der Waals surface area contributed by atoms with Crippen molar-refractivity contribution in [3.8, 4) is 0 Å². The highest BCUT2D eigenvalue weighted by Gasteiger charge is 2.30. The van der Waals surface area contributed by atoms with Gasteiger partial charge in [0.25, 0.3) is 5.91 Å². The van der Waals surface area contributed by atoms with Gasteiger partial charge in [-0.1, -0.05) is 11.7 Å². The van der Waals surface area contributed by atoms with E-state index in [1.54, 1.807) is 0 Å². The number of carbonyl (C=O) groups is 2. The predicted octanol–water partition coefficient (Wildman–Crippen LogP) is 3.23. The van der Waals surface area contributed by atoms with E-state index in [-0.39, 0.29) is 19.2 Å². The highest BCUT2D eigenvalue weighted by atomic mass is 19.2. The number of hydrogen-bond acceptors (Lipinski definition) is 5. The largest absolute Gasteiger partial charge is 0.459 e. The second-order valence-corrected chi connectivity index (χ2v) is 4.93. The lowest BCUT2D eigenvalue weighted by Gasteiger charge is -2.17.